The van der Waals surface area contributed by atoms with Gasteiger partial charge in [0.25, 0.3) is 5.56 Å². The molecule has 0 bridgehead atoms. The highest BCUT2D eigenvalue weighted by Crippen LogP contribution is 2.25. The van der Waals surface area contributed by atoms with E-state index in [-0.39, 0.29) is 5.56 Å². The van der Waals surface area contributed by atoms with Crippen LogP contribution in [0.25, 0.3) is 11.0 Å². The summed E-state index contributed by atoms with van der Waals surface area (Å²) in [5.41, 5.74) is 1.60. The van der Waals surface area contributed by atoms with E-state index < -0.39 is 0 Å². The summed E-state index contributed by atoms with van der Waals surface area (Å²) in [6.07, 6.45) is 6.58. The molecule has 7 nitrogen and oxygen atoms in total. The van der Waals surface area contributed by atoms with Gasteiger partial charge in [-0.25, -0.2) is 4.98 Å². The van der Waals surface area contributed by atoms with Crippen molar-refractivity contribution in [2.24, 2.45) is 7.05 Å². The molecule has 4 rings (SSSR count). The van der Waals surface area contributed by atoms with E-state index in [1.807, 2.05) is 17.8 Å². The largest absolute Gasteiger partial charge is 0.340 e. The molecule has 0 spiro atoms. The monoisotopic (exact) mass is 310 g/mol. The highest BCUT2D eigenvalue weighted by molar-refractivity contribution is 5.74. The van der Waals surface area contributed by atoms with E-state index in [0.29, 0.717) is 23.0 Å². The van der Waals surface area contributed by atoms with Crippen molar-refractivity contribution in [2.75, 3.05) is 18.0 Å². The van der Waals surface area contributed by atoms with Crippen molar-refractivity contribution in [3.8, 4) is 0 Å². The molecule has 3 aromatic rings. The van der Waals surface area contributed by atoms with Crippen molar-refractivity contribution in [1.82, 2.24) is 24.3 Å². The highest BCUT2D eigenvalue weighted by atomic mass is 16.1. The van der Waals surface area contributed by atoms with Gasteiger partial charge in [0.15, 0.2) is 5.65 Å². The van der Waals surface area contributed by atoms with Crippen LogP contribution in [0.5, 0.6) is 0 Å². The summed E-state index contributed by atoms with van der Waals surface area (Å²) in [4.78, 5) is 23.5. The number of fused-ring (bicyclic) bond motifs is 1. The molecule has 1 saturated heterocycles. The van der Waals surface area contributed by atoms with Crippen LogP contribution in [-0.2, 0) is 7.05 Å². The molecule has 1 unspecified atom stereocenters. The van der Waals surface area contributed by atoms with Crippen LogP contribution in [0, 0.1) is 6.92 Å². The molecule has 1 aliphatic heterocycles. The van der Waals surface area contributed by atoms with Crippen LogP contribution in [0.15, 0.2) is 35.5 Å². The summed E-state index contributed by atoms with van der Waals surface area (Å²) in [5, 5.41) is 4.96. The lowest BCUT2D eigenvalue weighted by Gasteiger charge is -2.20. The van der Waals surface area contributed by atoms with Gasteiger partial charge in [-0.1, -0.05) is 0 Å². The van der Waals surface area contributed by atoms with Crippen LogP contribution < -0.4 is 10.5 Å². The maximum Gasteiger partial charge on any atom is 0.264 e. The maximum absolute atomic E-state index is 12.5. The van der Waals surface area contributed by atoms with Crippen LogP contribution >= 0.6 is 0 Å². The zero-order chi connectivity index (χ0) is 16.0. The average molecular weight is 310 g/mol. The molecule has 1 atom stereocenters. The Morgan fingerprint density at radius 2 is 2.22 bits per heavy atom. The topological polar surface area (TPSA) is 68.8 Å². The Kier molecular flexibility index (Phi) is 3.14. The van der Waals surface area contributed by atoms with E-state index in [2.05, 4.69) is 26.2 Å². The average Bonchev–Trinajstić information content (AvgIpc) is 3.20. The molecule has 4 heterocycles. The minimum atomic E-state index is -0.0588. The van der Waals surface area contributed by atoms with Gasteiger partial charge in [0.2, 0.25) is 5.95 Å². The first-order valence-corrected chi connectivity index (χ1v) is 7.71. The number of rotatable bonds is 2. The van der Waals surface area contributed by atoms with Gasteiger partial charge in [-0.2, -0.15) is 10.1 Å². The molecular formula is C16H18N6O. The predicted molar refractivity (Wildman–Crippen MR) is 87.6 cm³/mol. The molecule has 1 aliphatic rings. The Balaban J connectivity index is 1.70. The fourth-order valence-corrected chi connectivity index (χ4v) is 3.15. The molecule has 0 aromatic carbocycles. The Labute approximate surface area is 133 Å². The lowest BCUT2D eigenvalue weighted by Crippen LogP contribution is -2.30. The third-order valence-electron chi connectivity index (χ3n) is 4.38. The molecule has 7 heteroatoms. The molecule has 1 fully saturated rings. The van der Waals surface area contributed by atoms with Gasteiger partial charge in [0.05, 0.1) is 17.6 Å². The van der Waals surface area contributed by atoms with Crippen molar-refractivity contribution < 1.29 is 0 Å². The van der Waals surface area contributed by atoms with Gasteiger partial charge in [0, 0.05) is 32.5 Å². The second-order valence-electron chi connectivity index (χ2n) is 6.04. The first-order valence-electron chi connectivity index (χ1n) is 7.71. The predicted octanol–water partition coefficient (Wildman–Crippen LogP) is 1.28. The van der Waals surface area contributed by atoms with Gasteiger partial charge < -0.3 is 4.90 Å². The third kappa shape index (κ3) is 2.28. The molecule has 23 heavy (non-hydrogen) atoms. The fraction of sp³-hybridized carbons (Fsp3) is 0.375. The number of aryl methyl sites for hydroxylation is 1. The van der Waals surface area contributed by atoms with E-state index in [0.717, 1.165) is 25.1 Å². The number of anilines is 1. The highest BCUT2D eigenvalue weighted by Gasteiger charge is 2.27. The second kappa shape index (κ2) is 5.19. The Bertz CT molecular complexity index is 928. The molecule has 3 aromatic heterocycles. The molecule has 0 saturated carbocycles. The second-order valence-corrected chi connectivity index (χ2v) is 6.04. The Morgan fingerprint density at radius 1 is 1.35 bits per heavy atom. The first-order chi connectivity index (χ1) is 11.1. The summed E-state index contributed by atoms with van der Waals surface area (Å²) in [7, 11) is 1.77. The molecular weight excluding hydrogens is 292 g/mol. The van der Waals surface area contributed by atoms with Gasteiger partial charge in [-0.3, -0.25) is 14.0 Å². The van der Waals surface area contributed by atoms with Crippen LogP contribution in [0.2, 0.25) is 0 Å². The quantitative estimate of drug-likeness (QED) is 0.713. The minimum Gasteiger partial charge on any atom is -0.340 e. The first kappa shape index (κ1) is 13.9. The van der Waals surface area contributed by atoms with Gasteiger partial charge in [-0.05, 0) is 31.0 Å². The normalized spacial score (nSPS) is 18.0. The number of nitrogens with zero attached hydrogens (tertiary/aromatic N) is 6. The maximum atomic E-state index is 12.5. The zero-order valence-corrected chi connectivity index (χ0v) is 13.2. The minimum absolute atomic E-state index is 0.0588. The summed E-state index contributed by atoms with van der Waals surface area (Å²) in [6.45, 7) is 3.68. The van der Waals surface area contributed by atoms with Crippen molar-refractivity contribution in [2.45, 2.75) is 19.4 Å². The number of hydrogen-bond donors (Lipinski definition) is 0. The van der Waals surface area contributed by atoms with Gasteiger partial charge >= 0.3 is 0 Å². The smallest absolute Gasteiger partial charge is 0.264 e. The van der Waals surface area contributed by atoms with E-state index in [9.17, 15) is 4.79 Å². The lowest BCUT2D eigenvalue weighted by atomic mass is 10.3. The van der Waals surface area contributed by atoms with Crippen molar-refractivity contribution in [3.05, 3.63) is 46.6 Å². The number of hydrogen-bond acceptors (Lipinski definition) is 5. The van der Waals surface area contributed by atoms with Gasteiger partial charge in [0.1, 0.15) is 0 Å². The number of aromatic nitrogens is 5. The summed E-state index contributed by atoms with van der Waals surface area (Å²) in [5.74, 6) is 0.674. The van der Waals surface area contributed by atoms with Crippen molar-refractivity contribution in [3.63, 3.8) is 0 Å². The summed E-state index contributed by atoms with van der Waals surface area (Å²) in [6, 6.07) is 3.83. The zero-order valence-electron chi connectivity index (χ0n) is 13.2. The van der Waals surface area contributed by atoms with E-state index in [1.165, 1.54) is 0 Å². The van der Waals surface area contributed by atoms with Crippen molar-refractivity contribution >= 4 is 17.0 Å². The molecule has 0 radical (unpaired) electrons. The van der Waals surface area contributed by atoms with Crippen molar-refractivity contribution in [1.29, 1.82) is 0 Å². The molecule has 0 amide bonds. The fourth-order valence-electron chi connectivity index (χ4n) is 3.15. The third-order valence-corrected chi connectivity index (χ3v) is 4.38. The molecule has 118 valence electrons. The summed E-state index contributed by atoms with van der Waals surface area (Å²) < 4.78 is 3.62. The lowest BCUT2D eigenvalue weighted by molar-refractivity contribution is 0.493. The van der Waals surface area contributed by atoms with Crippen LogP contribution in [0.3, 0.4) is 0 Å². The van der Waals surface area contributed by atoms with E-state index in [1.54, 1.807) is 29.9 Å². The Hall–Kier alpha value is -2.70. The number of pyridine rings is 1. The molecule has 0 aliphatic carbocycles. The van der Waals surface area contributed by atoms with E-state index in [4.69, 9.17) is 0 Å². The van der Waals surface area contributed by atoms with Gasteiger partial charge in [-0.15, -0.1) is 0 Å². The van der Waals surface area contributed by atoms with Crippen LogP contribution in [0.1, 0.15) is 18.0 Å². The summed E-state index contributed by atoms with van der Waals surface area (Å²) >= 11 is 0. The van der Waals surface area contributed by atoms with Crippen LogP contribution in [-0.4, -0.2) is 37.4 Å². The molecule has 0 N–H and O–H groups in total. The standard InChI is InChI=1S/C16H18N6O/c1-11-8-18-22(9-11)12-5-7-21(10-12)16-19-14-13(4-3-6-17-14)15(23)20(16)2/h3-4,6,8-9,12H,5,7,10H2,1-2H3. The van der Waals surface area contributed by atoms with Crippen LogP contribution in [0.4, 0.5) is 5.95 Å². The van der Waals surface area contributed by atoms with E-state index >= 15 is 0 Å². The SMILES string of the molecule is Cc1cnn(C2CCN(c3nc4ncccc4c(=O)n3C)C2)c1. The Morgan fingerprint density at radius 3 is 3.00 bits per heavy atom.